The molecule has 6 nitrogen and oxygen atoms in total. The number of carbonyl (C=O) groups excluding carboxylic acids is 1. The molecule has 1 amide bonds. The van der Waals surface area contributed by atoms with Crippen molar-refractivity contribution in [2.45, 2.75) is 46.1 Å². The van der Waals surface area contributed by atoms with Crippen molar-refractivity contribution in [1.82, 2.24) is 5.01 Å². The van der Waals surface area contributed by atoms with Crippen molar-refractivity contribution >= 4 is 28.9 Å². The van der Waals surface area contributed by atoms with E-state index in [4.69, 9.17) is 4.99 Å². The molecule has 138 valence electrons. The Hall–Kier alpha value is -2.50. The Morgan fingerprint density at radius 2 is 1.77 bits per heavy atom. The molecule has 0 saturated carbocycles. The van der Waals surface area contributed by atoms with Gasteiger partial charge in [-0.3, -0.25) is 9.80 Å². The quantitative estimate of drug-likeness (QED) is 0.757. The number of amides is 1. The van der Waals surface area contributed by atoms with E-state index < -0.39 is 6.04 Å². The van der Waals surface area contributed by atoms with Crippen molar-refractivity contribution in [3.05, 3.63) is 29.8 Å². The number of amidine groups is 1. The molecule has 1 atom stereocenters. The van der Waals surface area contributed by atoms with Gasteiger partial charge in [-0.25, -0.2) is 4.99 Å². The number of hydrogen-bond donors (Lipinski definition) is 0. The number of rotatable bonds is 7. The van der Waals surface area contributed by atoms with E-state index >= 15 is 0 Å². The molecular formula is C20H27N5O. The lowest BCUT2D eigenvalue weighted by Crippen LogP contribution is -2.41. The monoisotopic (exact) mass is 353 g/mol. The maximum atomic E-state index is 12.5. The van der Waals surface area contributed by atoms with Gasteiger partial charge in [-0.1, -0.05) is 25.5 Å². The minimum atomic E-state index is -0.439. The number of fused-ring (bicyclic) bond motifs is 1. The molecule has 0 radical (unpaired) electrons. The maximum Gasteiger partial charge on any atom is 0.278 e. The minimum Gasteiger partial charge on any atom is -0.372 e. The van der Waals surface area contributed by atoms with E-state index in [1.54, 1.807) is 5.01 Å². The van der Waals surface area contributed by atoms with Crippen LogP contribution in [0.2, 0.25) is 0 Å². The Bertz CT molecular complexity index is 759. The average molecular weight is 353 g/mol. The van der Waals surface area contributed by atoms with Gasteiger partial charge in [0.2, 0.25) is 0 Å². The summed E-state index contributed by atoms with van der Waals surface area (Å²) in [5, 5.41) is 6.17. The highest BCUT2D eigenvalue weighted by Gasteiger charge is 2.39. The molecule has 2 heterocycles. The van der Waals surface area contributed by atoms with Gasteiger partial charge in [0.1, 0.15) is 5.84 Å². The van der Waals surface area contributed by atoms with Crippen molar-refractivity contribution in [2.24, 2.45) is 15.1 Å². The fourth-order valence-electron chi connectivity index (χ4n) is 3.48. The van der Waals surface area contributed by atoms with E-state index in [-0.39, 0.29) is 5.91 Å². The van der Waals surface area contributed by atoms with Crippen LogP contribution in [0.5, 0.6) is 0 Å². The Morgan fingerprint density at radius 1 is 1.08 bits per heavy atom. The average Bonchev–Trinajstić information content (AvgIpc) is 2.94. The van der Waals surface area contributed by atoms with E-state index in [0.717, 1.165) is 42.9 Å². The second-order valence-corrected chi connectivity index (χ2v) is 6.65. The van der Waals surface area contributed by atoms with Crippen LogP contribution in [-0.4, -0.2) is 54.4 Å². The number of nitrogens with zero attached hydrogens (tertiary/aromatic N) is 5. The highest BCUT2D eigenvalue weighted by Crippen LogP contribution is 2.21. The van der Waals surface area contributed by atoms with Crippen molar-refractivity contribution in [3.8, 4) is 0 Å². The Morgan fingerprint density at radius 3 is 2.38 bits per heavy atom. The number of hydrogen-bond acceptors (Lipinski definition) is 5. The molecule has 1 aromatic carbocycles. The van der Waals surface area contributed by atoms with E-state index in [0.29, 0.717) is 12.3 Å². The molecule has 0 aromatic heterocycles. The molecule has 3 rings (SSSR count). The van der Waals surface area contributed by atoms with E-state index in [1.807, 2.05) is 7.05 Å². The lowest BCUT2D eigenvalue weighted by atomic mass is 10.0. The summed E-state index contributed by atoms with van der Waals surface area (Å²) in [6.45, 7) is 8.38. The van der Waals surface area contributed by atoms with Gasteiger partial charge >= 0.3 is 0 Å². The van der Waals surface area contributed by atoms with Gasteiger partial charge in [0.05, 0.1) is 11.4 Å². The zero-order valence-electron chi connectivity index (χ0n) is 16.1. The second kappa shape index (κ2) is 7.81. The molecule has 0 bridgehead atoms. The fourth-order valence-corrected chi connectivity index (χ4v) is 3.48. The molecule has 1 aromatic rings. The SMILES string of the molecule is CCCC1=NN(C)C2C(=O)N=C(Cc3ccc(N(CC)CC)cc3)N=C12. The Balaban J connectivity index is 1.78. The van der Waals surface area contributed by atoms with Crippen LogP contribution in [0.25, 0.3) is 0 Å². The molecule has 0 aliphatic carbocycles. The number of aliphatic imine (C=N–C) groups is 2. The third kappa shape index (κ3) is 3.54. The highest BCUT2D eigenvalue weighted by atomic mass is 16.2. The number of likely N-dealkylation sites (N-methyl/N-ethyl adjacent to an activating group) is 1. The van der Waals surface area contributed by atoms with Crippen LogP contribution in [0.1, 0.15) is 39.2 Å². The third-order valence-corrected chi connectivity index (χ3v) is 4.84. The van der Waals surface area contributed by atoms with Crippen LogP contribution in [0.3, 0.4) is 0 Å². The van der Waals surface area contributed by atoms with Gasteiger partial charge in [0.25, 0.3) is 5.91 Å². The van der Waals surface area contributed by atoms with E-state index in [1.165, 1.54) is 5.69 Å². The number of anilines is 1. The topological polar surface area (TPSA) is 60.6 Å². The van der Waals surface area contributed by atoms with E-state index in [9.17, 15) is 4.79 Å². The van der Waals surface area contributed by atoms with Gasteiger partial charge in [0.15, 0.2) is 6.04 Å². The molecule has 0 fully saturated rings. The van der Waals surface area contributed by atoms with Crippen LogP contribution < -0.4 is 4.90 Å². The summed E-state index contributed by atoms with van der Waals surface area (Å²) in [5.74, 6) is 0.415. The molecule has 2 aliphatic rings. The third-order valence-electron chi connectivity index (χ3n) is 4.84. The molecule has 0 saturated heterocycles. The first-order valence-electron chi connectivity index (χ1n) is 9.41. The Labute approximate surface area is 155 Å². The summed E-state index contributed by atoms with van der Waals surface area (Å²) in [4.78, 5) is 23.7. The lowest BCUT2D eigenvalue weighted by Gasteiger charge is -2.21. The van der Waals surface area contributed by atoms with Crippen LogP contribution in [-0.2, 0) is 11.2 Å². The molecule has 1 unspecified atom stereocenters. The predicted octanol–water partition coefficient (Wildman–Crippen LogP) is 2.93. The summed E-state index contributed by atoms with van der Waals surface area (Å²) in [6.07, 6.45) is 2.37. The summed E-state index contributed by atoms with van der Waals surface area (Å²) in [7, 11) is 1.81. The van der Waals surface area contributed by atoms with Gasteiger partial charge in [0, 0.05) is 32.2 Å². The number of benzene rings is 1. The first kappa shape index (κ1) is 18.3. The molecule has 26 heavy (non-hydrogen) atoms. The van der Waals surface area contributed by atoms with Crippen molar-refractivity contribution in [2.75, 3.05) is 25.0 Å². The summed E-state index contributed by atoms with van der Waals surface area (Å²) < 4.78 is 0. The zero-order chi connectivity index (χ0) is 18.7. The van der Waals surface area contributed by atoms with Gasteiger partial charge < -0.3 is 4.90 Å². The minimum absolute atomic E-state index is 0.165. The predicted molar refractivity (Wildman–Crippen MR) is 107 cm³/mol. The van der Waals surface area contributed by atoms with Crippen LogP contribution in [0, 0.1) is 0 Å². The van der Waals surface area contributed by atoms with Crippen LogP contribution >= 0.6 is 0 Å². The number of hydrazone groups is 1. The van der Waals surface area contributed by atoms with Crippen LogP contribution in [0.4, 0.5) is 5.69 Å². The Kier molecular flexibility index (Phi) is 5.49. The van der Waals surface area contributed by atoms with E-state index in [2.05, 4.69) is 60.0 Å². The van der Waals surface area contributed by atoms with Gasteiger partial charge in [-0.05, 0) is 38.0 Å². The molecule has 6 heteroatoms. The van der Waals surface area contributed by atoms with Gasteiger partial charge in [-0.15, -0.1) is 0 Å². The second-order valence-electron chi connectivity index (χ2n) is 6.65. The molecular weight excluding hydrogens is 326 g/mol. The van der Waals surface area contributed by atoms with Crippen molar-refractivity contribution in [3.63, 3.8) is 0 Å². The molecule has 0 N–H and O–H groups in total. The summed E-state index contributed by atoms with van der Waals surface area (Å²) in [5.41, 5.74) is 4.01. The largest absolute Gasteiger partial charge is 0.372 e. The van der Waals surface area contributed by atoms with Gasteiger partial charge in [-0.2, -0.15) is 10.1 Å². The fraction of sp³-hybridized carbons (Fsp3) is 0.500. The first-order valence-corrected chi connectivity index (χ1v) is 9.41. The molecule has 0 spiro atoms. The first-order chi connectivity index (χ1) is 12.6. The highest BCUT2D eigenvalue weighted by molar-refractivity contribution is 6.51. The number of carbonyl (C=O) groups is 1. The standard InChI is InChI=1S/C20H27N5O/c1-5-8-16-18-19(24(4)23-16)20(26)22-17(21-18)13-14-9-11-15(12-10-14)25(6-2)7-3/h9-12,19H,5-8,13H2,1-4H3. The maximum absolute atomic E-state index is 12.5. The van der Waals surface area contributed by atoms with Crippen LogP contribution in [0.15, 0.2) is 39.4 Å². The van der Waals surface area contributed by atoms with Crippen molar-refractivity contribution < 1.29 is 4.79 Å². The normalized spacial score (nSPS) is 19.1. The summed E-state index contributed by atoms with van der Waals surface area (Å²) in [6, 6.07) is 7.99. The zero-order valence-corrected chi connectivity index (χ0v) is 16.1. The summed E-state index contributed by atoms with van der Waals surface area (Å²) >= 11 is 0. The smallest absolute Gasteiger partial charge is 0.278 e. The lowest BCUT2D eigenvalue weighted by molar-refractivity contribution is -0.120. The molecule has 2 aliphatic heterocycles. The van der Waals surface area contributed by atoms with Crippen molar-refractivity contribution in [1.29, 1.82) is 0 Å².